The van der Waals surface area contributed by atoms with E-state index in [2.05, 4.69) is 5.32 Å². The predicted molar refractivity (Wildman–Crippen MR) is 47.9 cm³/mol. The zero-order valence-corrected chi connectivity index (χ0v) is 7.88. The van der Waals surface area contributed by atoms with Gasteiger partial charge in [0.2, 0.25) is 0 Å². The molecule has 0 aliphatic heterocycles. The summed E-state index contributed by atoms with van der Waals surface area (Å²) in [6.45, 7) is 3.99. The Morgan fingerprint density at radius 3 is 2.50 bits per heavy atom. The van der Waals surface area contributed by atoms with Gasteiger partial charge < -0.3 is 15.5 Å². The molecular formula is C9H19NO2. The van der Waals surface area contributed by atoms with Gasteiger partial charge in [-0.05, 0) is 33.1 Å². The summed E-state index contributed by atoms with van der Waals surface area (Å²) >= 11 is 0. The van der Waals surface area contributed by atoms with Gasteiger partial charge in [0.25, 0.3) is 0 Å². The smallest absolute Gasteiger partial charge is 0.0693 e. The molecule has 1 saturated carbocycles. The third-order valence-electron chi connectivity index (χ3n) is 2.45. The number of aliphatic hydroxyl groups is 2. The van der Waals surface area contributed by atoms with E-state index in [-0.39, 0.29) is 24.3 Å². The van der Waals surface area contributed by atoms with Crippen LogP contribution in [-0.4, -0.2) is 34.5 Å². The summed E-state index contributed by atoms with van der Waals surface area (Å²) in [5.74, 6) is 0. The van der Waals surface area contributed by atoms with Crippen molar-refractivity contribution in [1.29, 1.82) is 0 Å². The minimum Gasteiger partial charge on any atom is -0.394 e. The molecule has 3 nitrogen and oxygen atoms in total. The van der Waals surface area contributed by atoms with Crippen LogP contribution in [0.25, 0.3) is 0 Å². The molecule has 0 aromatic heterocycles. The van der Waals surface area contributed by atoms with Gasteiger partial charge in [0, 0.05) is 11.6 Å². The first-order valence-corrected chi connectivity index (χ1v) is 4.62. The maximum absolute atomic E-state index is 9.50. The quantitative estimate of drug-likeness (QED) is 0.574. The van der Waals surface area contributed by atoms with Crippen molar-refractivity contribution in [2.75, 3.05) is 6.61 Å². The molecule has 3 heteroatoms. The molecule has 1 rings (SSSR count). The highest BCUT2D eigenvalue weighted by Gasteiger charge is 2.29. The molecule has 0 radical (unpaired) electrons. The van der Waals surface area contributed by atoms with Crippen molar-refractivity contribution >= 4 is 0 Å². The van der Waals surface area contributed by atoms with Crippen LogP contribution in [0.5, 0.6) is 0 Å². The Morgan fingerprint density at radius 1 is 1.42 bits per heavy atom. The number of aliphatic hydroxyl groups excluding tert-OH is 2. The molecule has 0 aromatic rings. The minimum absolute atomic E-state index is 0.107. The number of hydrogen-bond acceptors (Lipinski definition) is 3. The van der Waals surface area contributed by atoms with Crippen LogP contribution in [0.1, 0.15) is 33.1 Å². The molecule has 0 saturated heterocycles. The van der Waals surface area contributed by atoms with E-state index in [1.165, 1.54) is 0 Å². The Hall–Kier alpha value is -0.120. The standard InChI is InChI=1S/C9H19NO2/c1-9(2,6-11)10-7-4-3-5-8(7)12/h7-8,10-12H,3-6H2,1-2H3. The molecule has 3 N–H and O–H groups in total. The monoisotopic (exact) mass is 173 g/mol. The molecule has 1 aliphatic rings. The minimum atomic E-state index is -0.268. The maximum Gasteiger partial charge on any atom is 0.0693 e. The van der Waals surface area contributed by atoms with Crippen LogP contribution >= 0.6 is 0 Å². The van der Waals surface area contributed by atoms with E-state index in [9.17, 15) is 5.11 Å². The second-order valence-electron chi connectivity index (χ2n) is 4.29. The third-order valence-corrected chi connectivity index (χ3v) is 2.45. The predicted octanol–water partition coefficient (Wildman–Crippen LogP) is 0.260. The van der Waals surface area contributed by atoms with Gasteiger partial charge >= 0.3 is 0 Å². The zero-order valence-electron chi connectivity index (χ0n) is 7.88. The van der Waals surface area contributed by atoms with Gasteiger partial charge in [-0.1, -0.05) is 0 Å². The van der Waals surface area contributed by atoms with Gasteiger partial charge in [-0.15, -0.1) is 0 Å². The summed E-state index contributed by atoms with van der Waals surface area (Å²) in [5, 5.41) is 21.8. The fourth-order valence-electron chi connectivity index (χ4n) is 1.66. The molecule has 0 bridgehead atoms. The molecule has 12 heavy (non-hydrogen) atoms. The third kappa shape index (κ3) is 2.44. The fraction of sp³-hybridized carbons (Fsp3) is 1.00. The summed E-state index contributed by atoms with van der Waals surface area (Å²) in [5.41, 5.74) is -0.268. The van der Waals surface area contributed by atoms with Gasteiger partial charge in [0.05, 0.1) is 12.7 Å². The van der Waals surface area contributed by atoms with Gasteiger partial charge in [-0.25, -0.2) is 0 Å². The molecule has 0 amide bonds. The van der Waals surface area contributed by atoms with Crippen molar-refractivity contribution < 1.29 is 10.2 Å². The lowest BCUT2D eigenvalue weighted by molar-refractivity contribution is 0.110. The Labute approximate surface area is 73.8 Å². The van der Waals surface area contributed by atoms with Crippen LogP contribution in [0.4, 0.5) is 0 Å². The first-order valence-electron chi connectivity index (χ1n) is 4.62. The Morgan fingerprint density at radius 2 is 2.08 bits per heavy atom. The van der Waals surface area contributed by atoms with E-state index < -0.39 is 0 Å². The van der Waals surface area contributed by atoms with Crippen molar-refractivity contribution in [1.82, 2.24) is 5.32 Å². The van der Waals surface area contributed by atoms with E-state index in [0.717, 1.165) is 19.3 Å². The molecule has 0 heterocycles. The van der Waals surface area contributed by atoms with Crippen molar-refractivity contribution in [2.45, 2.75) is 50.8 Å². The molecular weight excluding hydrogens is 154 g/mol. The number of hydrogen-bond donors (Lipinski definition) is 3. The largest absolute Gasteiger partial charge is 0.394 e. The van der Waals surface area contributed by atoms with Gasteiger partial charge in [0.15, 0.2) is 0 Å². The van der Waals surface area contributed by atoms with Crippen molar-refractivity contribution in [3.05, 3.63) is 0 Å². The topological polar surface area (TPSA) is 52.5 Å². The first-order chi connectivity index (χ1) is 5.55. The summed E-state index contributed by atoms with van der Waals surface area (Å²) in [6, 6.07) is 0.173. The SMILES string of the molecule is CC(C)(CO)NC1CCCC1O. The second kappa shape index (κ2) is 3.73. The number of rotatable bonds is 3. The lowest BCUT2D eigenvalue weighted by Crippen LogP contribution is -2.51. The molecule has 2 atom stereocenters. The summed E-state index contributed by atoms with van der Waals surface area (Å²) in [6.07, 6.45) is 2.76. The molecule has 72 valence electrons. The first kappa shape index (κ1) is 9.96. The van der Waals surface area contributed by atoms with Gasteiger partial charge in [-0.2, -0.15) is 0 Å². The highest BCUT2D eigenvalue weighted by molar-refractivity contribution is 4.89. The van der Waals surface area contributed by atoms with E-state index in [1.54, 1.807) is 0 Å². The molecule has 2 unspecified atom stereocenters. The van der Waals surface area contributed by atoms with Crippen LogP contribution in [0.2, 0.25) is 0 Å². The fourth-order valence-corrected chi connectivity index (χ4v) is 1.66. The Bertz CT molecular complexity index is 147. The lowest BCUT2D eigenvalue weighted by atomic mass is 10.0. The normalized spacial score (nSPS) is 31.0. The highest BCUT2D eigenvalue weighted by atomic mass is 16.3. The molecule has 0 aromatic carbocycles. The summed E-state index contributed by atoms with van der Waals surface area (Å²) < 4.78 is 0. The summed E-state index contributed by atoms with van der Waals surface area (Å²) in [7, 11) is 0. The average Bonchev–Trinajstić information content (AvgIpc) is 2.36. The van der Waals surface area contributed by atoms with Crippen LogP contribution in [0.3, 0.4) is 0 Å². The molecule has 1 aliphatic carbocycles. The molecule has 0 spiro atoms. The van der Waals surface area contributed by atoms with Crippen molar-refractivity contribution in [3.8, 4) is 0 Å². The Kier molecular flexibility index (Phi) is 3.09. The van der Waals surface area contributed by atoms with Crippen molar-refractivity contribution in [3.63, 3.8) is 0 Å². The second-order valence-corrected chi connectivity index (χ2v) is 4.29. The van der Waals surface area contributed by atoms with Crippen molar-refractivity contribution in [2.24, 2.45) is 0 Å². The summed E-state index contributed by atoms with van der Waals surface area (Å²) in [4.78, 5) is 0. The van der Waals surface area contributed by atoms with Gasteiger partial charge in [0.1, 0.15) is 0 Å². The maximum atomic E-state index is 9.50. The van der Waals surface area contributed by atoms with E-state index in [4.69, 9.17) is 5.11 Å². The average molecular weight is 173 g/mol. The van der Waals surface area contributed by atoms with Crippen LogP contribution < -0.4 is 5.32 Å². The highest BCUT2D eigenvalue weighted by Crippen LogP contribution is 2.20. The lowest BCUT2D eigenvalue weighted by Gasteiger charge is -2.29. The zero-order chi connectivity index (χ0) is 9.19. The van der Waals surface area contributed by atoms with Crippen LogP contribution in [-0.2, 0) is 0 Å². The van der Waals surface area contributed by atoms with Crippen LogP contribution in [0, 0.1) is 0 Å². The number of nitrogens with one attached hydrogen (secondary N) is 1. The molecule has 1 fully saturated rings. The Balaban J connectivity index is 2.39. The van der Waals surface area contributed by atoms with E-state index in [1.807, 2.05) is 13.8 Å². The van der Waals surface area contributed by atoms with Crippen LogP contribution in [0.15, 0.2) is 0 Å². The van der Waals surface area contributed by atoms with Gasteiger partial charge in [-0.3, -0.25) is 0 Å². The van der Waals surface area contributed by atoms with E-state index >= 15 is 0 Å². The van der Waals surface area contributed by atoms with E-state index in [0.29, 0.717) is 0 Å².